The summed E-state index contributed by atoms with van der Waals surface area (Å²) in [5.41, 5.74) is 4.44. The molecule has 4 N–H and O–H groups in total. The van der Waals surface area contributed by atoms with Gasteiger partial charge >= 0.3 is 5.97 Å². The van der Waals surface area contributed by atoms with Crippen molar-refractivity contribution >= 4 is 29.4 Å². The standard InChI is InChI=1S/C16H19N3O5/c1-16(2,3)15(24)17-11-6-4-10(5-7-11)14(23)19-18-12(20)8-9-13(21)22/h4-9H,1-3H3,(H,17,24)(H,18,20)(H,19,23)(H,21,22)/b9-8-. The van der Waals surface area contributed by atoms with Crippen LogP contribution in [0.5, 0.6) is 0 Å². The molecule has 0 saturated heterocycles. The predicted octanol–water partition coefficient (Wildman–Crippen LogP) is 1.07. The highest BCUT2D eigenvalue weighted by Crippen LogP contribution is 2.17. The summed E-state index contributed by atoms with van der Waals surface area (Å²) in [6.45, 7) is 5.35. The fraction of sp³-hybridized carbons (Fsp3) is 0.250. The monoisotopic (exact) mass is 333 g/mol. The Morgan fingerprint density at radius 3 is 2.04 bits per heavy atom. The van der Waals surface area contributed by atoms with Crippen LogP contribution in [0, 0.1) is 5.41 Å². The van der Waals surface area contributed by atoms with Crippen molar-refractivity contribution in [3.05, 3.63) is 42.0 Å². The lowest BCUT2D eigenvalue weighted by Crippen LogP contribution is -2.40. The maximum Gasteiger partial charge on any atom is 0.328 e. The van der Waals surface area contributed by atoms with Crippen molar-refractivity contribution in [3.63, 3.8) is 0 Å². The lowest BCUT2D eigenvalue weighted by Gasteiger charge is -2.17. The van der Waals surface area contributed by atoms with E-state index in [1.807, 2.05) is 5.43 Å². The van der Waals surface area contributed by atoms with Gasteiger partial charge in [-0.05, 0) is 24.3 Å². The number of carboxylic acid groups (broad SMARTS) is 1. The van der Waals surface area contributed by atoms with Crippen molar-refractivity contribution in [3.8, 4) is 0 Å². The summed E-state index contributed by atoms with van der Waals surface area (Å²) >= 11 is 0. The normalized spacial score (nSPS) is 11.0. The van der Waals surface area contributed by atoms with Crippen LogP contribution in [0.3, 0.4) is 0 Å². The van der Waals surface area contributed by atoms with E-state index in [1.165, 1.54) is 12.1 Å². The number of benzene rings is 1. The van der Waals surface area contributed by atoms with E-state index in [2.05, 4.69) is 10.7 Å². The molecule has 0 radical (unpaired) electrons. The summed E-state index contributed by atoms with van der Waals surface area (Å²) in [6, 6.07) is 6.08. The maximum absolute atomic E-state index is 11.9. The average molecular weight is 333 g/mol. The summed E-state index contributed by atoms with van der Waals surface area (Å²) in [4.78, 5) is 45.2. The number of hydrogen-bond acceptors (Lipinski definition) is 4. The molecule has 8 nitrogen and oxygen atoms in total. The molecule has 24 heavy (non-hydrogen) atoms. The van der Waals surface area contributed by atoms with Gasteiger partial charge < -0.3 is 10.4 Å². The first-order valence-electron chi connectivity index (χ1n) is 7.02. The van der Waals surface area contributed by atoms with Gasteiger partial charge in [0.2, 0.25) is 5.91 Å². The van der Waals surface area contributed by atoms with Crippen molar-refractivity contribution in [2.24, 2.45) is 5.41 Å². The largest absolute Gasteiger partial charge is 0.478 e. The topological polar surface area (TPSA) is 125 Å². The van der Waals surface area contributed by atoms with Crippen molar-refractivity contribution in [1.82, 2.24) is 10.9 Å². The number of hydrogen-bond donors (Lipinski definition) is 4. The lowest BCUT2D eigenvalue weighted by atomic mass is 9.95. The summed E-state index contributed by atoms with van der Waals surface area (Å²) in [5.74, 6) is -2.79. The number of carbonyl (C=O) groups excluding carboxylic acids is 3. The van der Waals surface area contributed by atoms with Gasteiger partial charge in [-0.15, -0.1) is 0 Å². The number of carbonyl (C=O) groups is 4. The summed E-state index contributed by atoms with van der Waals surface area (Å²) in [7, 11) is 0. The highest BCUT2D eigenvalue weighted by atomic mass is 16.4. The van der Waals surface area contributed by atoms with Gasteiger partial charge in [0.05, 0.1) is 0 Å². The van der Waals surface area contributed by atoms with Crippen LogP contribution in [0.2, 0.25) is 0 Å². The van der Waals surface area contributed by atoms with E-state index in [0.717, 1.165) is 6.08 Å². The second kappa shape index (κ2) is 7.91. The van der Waals surface area contributed by atoms with Crippen molar-refractivity contribution in [2.75, 3.05) is 5.32 Å². The summed E-state index contributed by atoms with van der Waals surface area (Å²) in [5, 5.41) is 11.1. The van der Waals surface area contributed by atoms with Gasteiger partial charge in [0, 0.05) is 28.8 Å². The first-order valence-corrected chi connectivity index (χ1v) is 7.02. The molecule has 0 aliphatic rings. The number of anilines is 1. The van der Waals surface area contributed by atoms with E-state index in [9.17, 15) is 19.2 Å². The van der Waals surface area contributed by atoms with E-state index in [1.54, 1.807) is 32.9 Å². The molecule has 0 aliphatic heterocycles. The summed E-state index contributed by atoms with van der Waals surface area (Å²) in [6.07, 6.45) is 1.42. The molecule has 0 unspecified atom stereocenters. The van der Waals surface area contributed by atoms with Crippen LogP contribution in [0.1, 0.15) is 31.1 Å². The smallest absolute Gasteiger partial charge is 0.328 e. The van der Waals surface area contributed by atoms with Crippen LogP contribution >= 0.6 is 0 Å². The molecule has 0 saturated carbocycles. The number of carboxylic acids is 1. The van der Waals surface area contributed by atoms with Crippen molar-refractivity contribution < 1.29 is 24.3 Å². The number of hydrazine groups is 1. The summed E-state index contributed by atoms with van der Waals surface area (Å²) < 4.78 is 0. The molecule has 0 aliphatic carbocycles. The highest BCUT2D eigenvalue weighted by molar-refractivity contribution is 5.99. The van der Waals surface area contributed by atoms with E-state index < -0.39 is 23.2 Å². The zero-order chi connectivity index (χ0) is 18.3. The van der Waals surface area contributed by atoms with E-state index >= 15 is 0 Å². The zero-order valence-electron chi connectivity index (χ0n) is 13.5. The Morgan fingerprint density at radius 2 is 1.54 bits per heavy atom. The van der Waals surface area contributed by atoms with E-state index in [-0.39, 0.29) is 11.5 Å². The van der Waals surface area contributed by atoms with Gasteiger partial charge in [-0.25, -0.2) is 4.79 Å². The molecule has 0 heterocycles. The number of amides is 3. The van der Waals surface area contributed by atoms with E-state index in [4.69, 9.17) is 5.11 Å². The molecular formula is C16H19N3O5. The molecule has 1 aromatic carbocycles. The Balaban J connectivity index is 2.59. The molecule has 8 heteroatoms. The Morgan fingerprint density at radius 1 is 0.958 bits per heavy atom. The molecule has 0 spiro atoms. The van der Waals surface area contributed by atoms with Crippen LogP contribution in [-0.4, -0.2) is 28.8 Å². The SMILES string of the molecule is CC(C)(C)C(=O)Nc1ccc(C(=O)NNC(=O)/C=C\C(=O)O)cc1. The fourth-order valence-corrected chi connectivity index (χ4v) is 1.40. The van der Waals surface area contributed by atoms with Crippen LogP contribution in [0.4, 0.5) is 5.69 Å². The molecule has 0 fully saturated rings. The molecule has 1 rings (SSSR count). The lowest BCUT2D eigenvalue weighted by molar-refractivity contribution is -0.131. The minimum atomic E-state index is -1.27. The molecule has 1 aromatic rings. The van der Waals surface area contributed by atoms with E-state index in [0.29, 0.717) is 11.8 Å². The minimum Gasteiger partial charge on any atom is -0.478 e. The minimum absolute atomic E-state index is 0.155. The zero-order valence-corrected chi connectivity index (χ0v) is 13.5. The van der Waals surface area contributed by atoms with Gasteiger partial charge in [-0.2, -0.15) is 0 Å². The third-order valence-corrected chi connectivity index (χ3v) is 2.76. The Bertz CT molecular complexity index is 672. The third-order valence-electron chi connectivity index (χ3n) is 2.76. The van der Waals surface area contributed by atoms with Crippen LogP contribution in [0.25, 0.3) is 0 Å². The van der Waals surface area contributed by atoms with Gasteiger partial charge in [0.15, 0.2) is 0 Å². The molecule has 3 amide bonds. The first kappa shape index (κ1) is 18.9. The molecule has 0 aromatic heterocycles. The second-order valence-electron chi connectivity index (χ2n) is 5.90. The molecule has 128 valence electrons. The average Bonchev–Trinajstić information content (AvgIpc) is 2.50. The van der Waals surface area contributed by atoms with Crippen LogP contribution < -0.4 is 16.2 Å². The molecule has 0 bridgehead atoms. The second-order valence-corrected chi connectivity index (χ2v) is 5.90. The first-order chi connectivity index (χ1) is 11.1. The number of nitrogens with one attached hydrogen (secondary N) is 3. The van der Waals surface area contributed by atoms with Crippen molar-refractivity contribution in [1.29, 1.82) is 0 Å². The Hall–Kier alpha value is -3.16. The maximum atomic E-state index is 11.9. The Kier molecular flexibility index (Phi) is 6.22. The predicted molar refractivity (Wildman–Crippen MR) is 86.9 cm³/mol. The van der Waals surface area contributed by atoms with Gasteiger partial charge in [0.1, 0.15) is 0 Å². The molecular weight excluding hydrogens is 314 g/mol. The van der Waals surface area contributed by atoms with Crippen molar-refractivity contribution in [2.45, 2.75) is 20.8 Å². The quantitative estimate of drug-likeness (QED) is 0.484. The van der Waals surface area contributed by atoms with Crippen LogP contribution in [-0.2, 0) is 14.4 Å². The van der Waals surface area contributed by atoms with Gasteiger partial charge in [0.25, 0.3) is 11.8 Å². The third kappa shape index (κ3) is 6.30. The van der Waals surface area contributed by atoms with Gasteiger partial charge in [-0.3, -0.25) is 25.2 Å². The van der Waals surface area contributed by atoms with Crippen LogP contribution in [0.15, 0.2) is 36.4 Å². The highest BCUT2D eigenvalue weighted by Gasteiger charge is 2.21. The number of rotatable bonds is 4. The number of aliphatic carboxylic acids is 1. The van der Waals surface area contributed by atoms with Gasteiger partial charge in [-0.1, -0.05) is 20.8 Å². The Labute approximate surface area is 138 Å². The fourth-order valence-electron chi connectivity index (χ4n) is 1.40. The molecule has 0 atom stereocenters.